The highest BCUT2D eigenvalue weighted by Crippen LogP contribution is 2.33. The van der Waals surface area contributed by atoms with Crippen molar-refractivity contribution >= 4 is 43.8 Å². The van der Waals surface area contributed by atoms with Crippen LogP contribution in [-0.2, 0) is 0 Å². The Balaban J connectivity index is 2.42. The van der Waals surface area contributed by atoms with Gasteiger partial charge in [-0.3, -0.25) is 4.99 Å². The Bertz CT molecular complexity index is 669. The summed E-state index contributed by atoms with van der Waals surface area (Å²) < 4.78 is 6.60. The van der Waals surface area contributed by atoms with Crippen LogP contribution in [0.25, 0.3) is 0 Å². The molecule has 0 radical (unpaired) electrons. The molecule has 3 nitrogen and oxygen atoms in total. The van der Waals surface area contributed by atoms with Gasteiger partial charge < -0.3 is 9.84 Å². The van der Waals surface area contributed by atoms with E-state index in [1.165, 1.54) is 0 Å². The van der Waals surface area contributed by atoms with Crippen LogP contribution in [0.4, 0.5) is 5.69 Å². The van der Waals surface area contributed by atoms with E-state index >= 15 is 0 Å². The zero-order valence-corrected chi connectivity index (χ0v) is 14.2. The Morgan fingerprint density at radius 3 is 2.55 bits per heavy atom. The van der Waals surface area contributed by atoms with E-state index in [0.717, 1.165) is 21.5 Å². The number of hydrogen-bond acceptors (Lipinski definition) is 3. The van der Waals surface area contributed by atoms with E-state index < -0.39 is 0 Å². The summed E-state index contributed by atoms with van der Waals surface area (Å²) in [6.45, 7) is 1.97. The van der Waals surface area contributed by atoms with E-state index in [1.807, 2.05) is 31.2 Å². The van der Waals surface area contributed by atoms with Crippen LogP contribution in [0.5, 0.6) is 11.5 Å². The van der Waals surface area contributed by atoms with Gasteiger partial charge in [-0.05, 0) is 62.5 Å². The maximum atomic E-state index is 10.0. The van der Waals surface area contributed by atoms with Crippen molar-refractivity contribution in [3.05, 3.63) is 50.4 Å². The molecule has 0 bridgehead atoms. The van der Waals surface area contributed by atoms with Crippen LogP contribution in [0.15, 0.2) is 44.3 Å². The number of phenolic OH excluding ortho intramolecular Hbond substituents is 1. The van der Waals surface area contributed by atoms with Gasteiger partial charge in [0.05, 0.1) is 17.3 Å². The van der Waals surface area contributed by atoms with Gasteiger partial charge in [0, 0.05) is 22.3 Å². The molecule has 0 fully saturated rings. The molecule has 0 unspecified atom stereocenters. The SMILES string of the molecule is COc1ccc(C)c(N=Cc2c(Br)ccc(Br)c2O)c1. The molecule has 0 saturated heterocycles. The second-order valence-corrected chi connectivity index (χ2v) is 5.91. The van der Waals surface area contributed by atoms with E-state index in [1.54, 1.807) is 19.4 Å². The predicted molar refractivity (Wildman–Crippen MR) is 88.5 cm³/mol. The topological polar surface area (TPSA) is 41.8 Å². The van der Waals surface area contributed by atoms with Gasteiger partial charge in [0.25, 0.3) is 0 Å². The fourth-order valence-electron chi connectivity index (χ4n) is 1.67. The maximum absolute atomic E-state index is 10.0. The summed E-state index contributed by atoms with van der Waals surface area (Å²) in [7, 11) is 1.62. The predicted octanol–water partition coefficient (Wildman–Crippen LogP) is 4.98. The second-order valence-electron chi connectivity index (χ2n) is 4.20. The smallest absolute Gasteiger partial charge is 0.139 e. The lowest BCUT2D eigenvalue weighted by molar-refractivity contribution is 0.415. The lowest BCUT2D eigenvalue weighted by atomic mass is 10.2. The van der Waals surface area contributed by atoms with Crippen molar-refractivity contribution < 1.29 is 9.84 Å². The quantitative estimate of drug-likeness (QED) is 0.740. The number of aromatic hydroxyl groups is 1. The summed E-state index contributed by atoms with van der Waals surface area (Å²) >= 11 is 6.70. The van der Waals surface area contributed by atoms with Gasteiger partial charge in [0.1, 0.15) is 11.5 Å². The van der Waals surface area contributed by atoms with Gasteiger partial charge in [-0.25, -0.2) is 0 Å². The minimum atomic E-state index is 0.156. The number of ether oxygens (including phenoxy) is 1. The fourth-order valence-corrected chi connectivity index (χ4v) is 2.44. The summed E-state index contributed by atoms with van der Waals surface area (Å²) in [6, 6.07) is 9.31. The Morgan fingerprint density at radius 1 is 1.15 bits per heavy atom. The molecule has 0 heterocycles. The van der Waals surface area contributed by atoms with Crippen molar-refractivity contribution in [2.75, 3.05) is 7.11 Å². The van der Waals surface area contributed by atoms with Crippen molar-refractivity contribution in [3.8, 4) is 11.5 Å². The average Bonchev–Trinajstić information content (AvgIpc) is 2.45. The molecule has 0 spiro atoms. The largest absolute Gasteiger partial charge is 0.506 e. The summed E-state index contributed by atoms with van der Waals surface area (Å²) in [5, 5.41) is 10.0. The van der Waals surface area contributed by atoms with Crippen molar-refractivity contribution in [2.45, 2.75) is 6.92 Å². The second kappa shape index (κ2) is 6.41. The zero-order chi connectivity index (χ0) is 14.7. The summed E-state index contributed by atoms with van der Waals surface area (Å²) in [6.07, 6.45) is 1.63. The molecule has 0 aliphatic carbocycles. The lowest BCUT2D eigenvalue weighted by Crippen LogP contribution is -1.87. The number of rotatable bonds is 3. The summed E-state index contributed by atoms with van der Waals surface area (Å²) in [5.74, 6) is 0.906. The highest BCUT2D eigenvalue weighted by atomic mass is 79.9. The molecule has 0 aromatic heterocycles. The lowest BCUT2D eigenvalue weighted by Gasteiger charge is -2.06. The molecule has 104 valence electrons. The normalized spacial score (nSPS) is 11.0. The van der Waals surface area contributed by atoms with Crippen LogP contribution in [0.2, 0.25) is 0 Å². The molecular formula is C15H13Br2NO2. The third kappa shape index (κ3) is 3.22. The molecule has 0 aliphatic heterocycles. The number of hydrogen-bond donors (Lipinski definition) is 1. The maximum Gasteiger partial charge on any atom is 0.139 e. The highest BCUT2D eigenvalue weighted by Gasteiger charge is 2.08. The van der Waals surface area contributed by atoms with Crippen molar-refractivity contribution in [2.24, 2.45) is 4.99 Å². The van der Waals surface area contributed by atoms with Crippen LogP contribution in [0.1, 0.15) is 11.1 Å². The van der Waals surface area contributed by atoms with E-state index in [-0.39, 0.29) is 5.75 Å². The first kappa shape index (κ1) is 15.1. The molecule has 0 amide bonds. The number of benzene rings is 2. The monoisotopic (exact) mass is 397 g/mol. The first-order valence-corrected chi connectivity index (χ1v) is 7.47. The summed E-state index contributed by atoms with van der Waals surface area (Å²) in [4.78, 5) is 4.43. The van der Waals surface area contributed by atoms with E-state index in [9.17, 15) is 5.11 Å². The van der Waals surface area contributed by atoms with Crippen molar-refractivity contribution in [1.82, 2.24) is 0 Å². The third-order valence-electron chi connectivity index (χ3n) is 2.86. The number of methoxy groups -OCH3 is 1. The van der Waals surface area contributed by atoms with Gasteiger partial charge in [0.15, 0.2) is 0 Å². The molecule has 20 heavy (non-hydrogen) atoms. The van der Waals surface area contributed by atoms with Crippen LogP contribution < -0.4 is 4.74 Å². The van der Waals surface area contributed by atoms with E-state index in [0.29, 0.717) is 10.0 Å². The van der Waals surface area contributed by atoms with Gasteiger partial charge in [0.2, 0.25) is 0 Å². The number of phenols is 1. The highest BCUT2D eigenvalue weighted by molar-refractivity contribution is 9.11. The molecule has 2 rings (SSSR count). The number of aryl methyl sites for hydroxylation is 1. The molecule has 0 saturated carbocycles. The van der Waals surface area contributed by atoms with Crippen LogP contribution in [0, 0.1) is 6.92 Å². The summed E-state index contributed by atoms with van der Waals surface area (Å²) in [5.41, 5.74) is 2.46. The van der Waals surface area contributed by atoms with E-state index in [4.69, 9.17) is 4.74 Å². The number of aliphatic imine (C=N–C) groups is 1. The minimum Gasteiger partial charge on any atom is -0.506 e. The van der Waals surface area contributed by atoms with Crippen LogP contribution in [0.3, 0.4) is 0 Å². The molecule has 2 aromatic rings. The molecule has 0 aliphatic rings. The van der Waals surface area contributed by atoms with Gasteiger partial charge >= 0.3 is 0 Å². The standard InChI is InChI=1S/C15H13Br2NO2/c1-9-3-4-10(20-2)7-14(9)18-8-11-12(16)5-6-13(17)15(11)19/h3-8,19H,1-2H3. The fraction of sp³-hybridized carbons (Fsp3) is 0.133. The first-order chi connectivity index (χ1) is 9.52. The van der Waals surface area contributed by atoms with Gasteiger partial charge in [-0.2, -0.15) is 0 Å². The first-order valence-electron chi connectivity index (χ1n) is 5.88. The Labute approximate surface area is 134 Å². The van der Waals surface area contributed by atoms with Crippen molar-refractivity contribution in [1.29, 1.82) is 0 Å². The molecular weight excluding hydrogens is 386 g/mol. The third-order valence-corrected chi connectivity index (χ3v) is 4.20. The average molecular weight is 399 g/mol. The minimum absolute atomic E-state index is 0.156. The molecule has 0 atom stereocenters. The van der Waals surface area contributed by atoms with Crippen LogP contribution in [-0.4, -0.2) is 18.4 Å². The molecule has 2 aromatic carbocycles. The van der Waals surface area contributed by atoms with E-state index in [2.05, 4.69) is 36.9 Å². The zero-order valence-electron chi connectivity index (χ0n) is 11.0. The molecule has 1 N–H and O–H groups in total. The van der Waals surface area contributed by atoms with Crippen LogP contribution >= 0.6 is 31.9 Å². The number of halogens is 2. The van der Waals surface area contributed by atoms with Gasteiger partial charge in [-0.15, -0.1) is 0 Å². The van der Waals surface area contributed by atoms with Crippen molar-refractivity contribution in [3.63, 3.8) is 0 Å². The number of nitrogens with zero attached hydrogens (tertiary/aromatic N) is 1. The molecule has 5 heteroatoms. The Morgan fingerprint density at radius 2 is 1.85 bits per heavy atom. The van der Waals surface area contributed by atoms with Gasteiger partial charge in [-0.1, -0.05) is 6.07 Å². The Kier molecular flexibility index (Phi) is 4.83. The Hall–Kier alpha value is -1.33.